The molecule has 2 bridgehead atoms. The van der Waals surface area contributed by atoms with E-state index in [1.807, 2.05) is 13.8 Å². The van der Waals surface area contributed by atoms with Gasteiger partial charge in [-0.15, -0.1) is 0 Å². The molecule has 0 saturated carbocycles. The van der Waals surface area contributed by atoms with Crippen molar-refractivity contribution in [3.63, 3.8) is 0 Å². The smallest absolute Gasteiger partial charge is 0.241 e. The Morgan fingerprint density at radius 1 is 1.19 bits per heavy atom. The Labute approximate surface area is 154 Å². The van der Waals surface area contributed by atoms with Crippen LogP contribution >= 0.6 is 0 Å². The number of rotatable bonds is 7. The fourth-order valence-corrected chi connectivity index (χ4v) is 4.70. The lowest BCUT2D eigenvalue weighted by Crippen LogP contribution is -2.49. The van der Waals surface area contributed by atoms with E-state index in [0.717, 1.165) is 25.7 Å². The number of benzene rings is 1. The molecule has 2 aliphatic heterocycles. The molecule has 2 saturated heterocycles. The number of piperidine rings is 1. The lowest BCUT2D eigenvalue weighted by Gasteiger charge is -2.29. The Morgan fingerprint density at radius 2 is 1.81 bits per heavy atom. The van der Waals surface area contributed by atoms with Gasteiger partial charge in [-0.2, -0.15) is 0 Å². The number of ether oxygens (including phenoxy) is 1. The minimum absolute atomic E-state index is 0.0476. The van der Waals surface area contributed by atoms with E-state index in [9.17, 15) is 13.2 Å². The van der Waals surface area contributed by atoms with Gasteiger partial charge in [-0.3, -0.25) is 9.52 Å². The number of carbonyl (C=O) groups excluding carboxylic acids is 1. The second kappa shape index (κ2) is 7.84. The first kappa shape index (κ1) is 19.0. The van der Waals surface area contributed by atoms with Crippen LogP contribution in [0.1, 0.15) is 39.5 Å². The largest absolute Gasteiger partial charge is 0.491 e. The maximum Gasteiger partial charge on any atom is 0.241 e. The molecule has 1 amide bonds. The fourth-order valence-electron chi connectivity index (χ4n) is 3.71. The number of fused-ring (bicyclic) bond motifs is 2. The molecule has 2 heterocycles. The molecule has 0 aromatic heterocycles. The molecule has 2 aliphatic rings. The van der Waals surface area contributed by atoms with Crippen LogP contribution in [0.25, 0.3) is 0 Å². The summed E-state index contributed by atoms with van der Waals surface area (Å²) in [7, 11) is -3.75. The summed E-state index contributed by atoms with van der Waals surface area (Å²) in [5.74, 6) is -0.360. The number of sulfonamides is 1. The summed E-state index contributed by atoms with van der Waals surface area (Å²) < 4.78 is 32.4. The first-order chi connectivity index (χ1) is 12.3. The van der Waals surface area contributed by atoms with Crippen LogP contribution in [0, 0.1) is 0 Å². The average Bonchev–Trinajstić information content (AvgIpc) is 2.86. The predicted octanol–water partition coefficient (Wildman–Crippen LogP) is 1.61. The van der Waals surface area contributed by atoms with Gasteiger partial charge in [0.1, 0.15) is 11.5 Å². The summed E-state index contributed by atoms with van der Waals surface area (Å²) in [5, 5.41) is 6.37. The van der Waals surface area contributed by atoms with Crippen LogP contribution in [0.3, 0.4) is 0 Å². The van der Waals surface area contributed by atoms with Crippen molar-refractivity contribution in [1.82, 2.24) is 10.6 Å². The summed E-state index contributed by atoms with van der Waals surface area (Å²) >= 11 is 0. The highest BCUT2D eigenvalue weighted by Gasteiger charge is 2.34. The molecule has 0 radical (unpaired) electrons. The van der Waals surface area contributed by atoms with Crippen molar-refractivity contribution >= 4 is 21.6 Å². The Hall–Kier alpha value is -1.80. The molecule has 2 unspecified atom stereocenters. The second-order valence-electron chi connectivity index (χ2n) is 7.43. The van der Waals surface area contributed by atoms with Crippen LogP contribution in [0.2, 0.25) is 0 Å². The van der Waals surface area contributed by atoms with Crippen molar-refractivity contribution in [2.75, 3.05) is 10.5 Å². The first-order valence-corrected chi connectivity index (χ1v) is 10.8. The topological polar surface area (TPSA) is 96.5 Å². The van der Waals surface area contributed by atoms with Crippen LogP contribution in [0.5, 0.6) is 5.75 Å². The van der Waals surface area contributed by atoms with Crippen molar-refractivity contribution < 1.29 is 17.9 Å². The highest BCUT2D eigenvalue weighted by atomic mass is 32.2. The first-order valence-electron chi connectivity index (χ1n) is 9.12. The Morgan fingerprint density at radius 3 is 2.38 bits per heavy atom. The van der Waals surface area contributed by atoms with Gasteiger partial charge in [0.2, 0.25) is 15.9 Å². The summed E-state index contributed by atoms with van der Waals surface area (Å²) in [6, 6.07) is 7.59. The maximum atomic E-state index is 12.2. The van der Waals surface area contributed by atoms with Crippen LogP contribution < -0.4 is 20.1 Å². The third-order valence-electron chi connectivity index (χ3n) is 4.66. The van der Waals surface area contributed by atoms with Gasteiger partial charge < -0.3 is 15.4 Å². The number of amides is 1. The standard InChI is InChI=1S/C18H27N3O4S/c1-12(2)25-17-7-5-13(6-8-17)21-26(23,24)11-18(22)20-16-9-14-3-4-15(10-16)19-14/h5-8,12,14-16,19,21H,3-4,9-11H2,1-2H3,(H,20,22). The lowest BCUT2D eigenvalue weighted by atomic mass is 10.00. The molecule has 2 fully saturated rings. The van der Waals surface area contributed by atoms with Crippen molar-refractivity contribution in [2.24, 2.45) is 0 Å². The highest BCUT2D eigenvalue weighted by Crippen LogP contribution is 2.26. The normalized spacial score (nSPS) is 25.1. The zero-order valence-corrected chi connectivity index (χ0v) is 16.0. The van der Waals surface area contributed by atoms with Gasteiger partial charge in [-0.1, -0.05) is 0 Å². The molecule has 1 aromatic rings. The molecule has 1 aromatic carbocycles. The molecule has 3 N–H and O–H groups in total. The van der Waals surface area contributed by atoms with E-state index in [2.05, 4.69) is 15.4 Å². The van der Waals surface area contributed by atoms with E-state index in [1.165, 1.54) is 0 Å². The van der Waals surface area contributed by atoms with Crippen molar-refractivity contribution in [1.29, 1.82) is 0 Å². The van der Waals surface area contributed by atoms with Gasteiger partial charge in [0, 0.05) is 23.8 Å². The van der Waals surface area contributed by atoms with Gasteiger partial charge in [0.25, 0.3) is 0 Å². The second-order valence-corrected chi connectivity index (χ2v) is 9.15. The maximum absolute atomic E-state index is 12.2. The summed E-state index contributed by atoms with van der Waals surface area (Å²) in [6.45, 7) is 3.84. The molecule has 2 atom stereocenters. The molecule has 0 spiro atoms. The van der Waals surface area contributed by atoms with Crippen LogP contribution in [-0.2, 0) is 14.8 Å². The molecule has 26 heavy (non-hydrogen) atoms. The zero-order chi connectivity index (χ0) is 18.7. The number of hydrogen-bond donors (Lipinski definition) is 3. The Kier molecular flexibility index (Phi) is 5.72. The average molecular weight is 381 g/mol. The summed E-state index contributed by atoms with van der Waals surface area (Å²) in [6.07, 6.45) is 4.05. The minimum atomic E-state index is -3.75. The van der Waals surface area contributed by atoms with E-state index >= 15 is 0 Å². The highest BCUT2D eigenvalue weighted by molar-refractivity contribution is 7.93. The molecule has 0 aliphatic carbocycles. The molecule has 7 nitrogen and oxygen atoms in total. The van der Waals surface area contributed by atoms with Crippen LogP contribution in [0.4, 0.5) is 5.69 Å². The van der Waals surface area contributed by atoms with Crippen molar-refractivity contribution in [3.8, 4) is 5.75 Å². The minimum Gasteiger partial charge on any atom is -0.491 e. The molecule has 8 heteroatoms. The van der Waals surface area contributed by atoms with E-state index in [-0.39, 0.29) is 12.1 Å². The Balaban J connectivity index is 1.50. The summed E-state index contributed by atoms with van der Waals surface area (Å²) in [5.41, 5.74) is 0.411. The quantitative estimate of drug-likeness (QED) is 0.667. The molecular weight excluding hydrogens is 354 g/mol. The zero-order valence-electron chi connectivity index (χ0n) is 15.2. The third-order valence-corrected chi connectivity index (χ3v) is 5.85. The van der Waals surface area contributed by atoms with Gasteiger partial charge in [0.05, 0.1) is 6.10 Å². The van der Waals surface area contributed by atoms with Gasteiger partial charge in [-0.25, -0.2) is 8.42 Å². The number of anilines is 1. The molecular formula is C18H27N3O4S. The van der Waals surface area contributed by atoms with Crippen LogP contribution in [0.15, 0.2) is 24.3 Å². The number of hydrogen-bond acceptors (Lipinski definition) is 5. The predicted molar refractivity (Wildman–Crippen MR) is 101 cm³/mol. The van der Waals surface area contributed by atoms with E-state index in [0.29, 0.717) is 23.5 Å². The van der Waals surface area contributed by atoms with Crippen molar-refractivity contribution in [2.45, 2.75) is 63.8 Å². The van der Waals surface area contributed by atoms with Gasteiger partial charge in [-0.05, 0) is 63.8 Å². The SMILES string of the molecule is CC(C)Oc1ccc(NS(=O)(=O)CC(=O)NC2CC3CCC(C2)N3)cc1. The van der Waals surface area contributed by atoms with Gasteiger partial charge in [0.15, 0.2) is 0 Å². The molecule has 3 rings (SSSR count). The number of carbonyl (C=O) groups is 1. The van der Waals surface area contributed by atoms with E-state index in [1.54, 1.807) is 24.3 Å². The number of nitrogens with one attached hydrogen (secondary N) is 3. The monoisotopic (exact) mass is 381 g/mol. The molecule has 144 valence electrons. The van der Waals surface area contributed by atoms with Crippen LogP contribution in [-0.4, -0.2) is 44.3 Å². The fraction of sp³-hybridized carbons (Fsp3) is 0.611. The van der Waals surface area contributed by atoms with E-state index < -0.39 is 21.7 Å². The Bertz CT molecular complexity index is 721. The third kappa shape index (κ3) is 5.35. The summed E-state index contributed by atoms with van der Waals surface area (Å²) in [4.78, 5) is 12.2. The van der Waals surface area contributed by atoms with Crippen molar-refractivity contribution in [3.05, 3.63) is 24.3 Å². The van der Waals surface area contributed by atoms with E-state index in [4.69, 9.17) is 4.74 Å². The van der Waals surface area contributed by atoms with Gasteiger partial charge >= 0.3 is 0 Å². The lowest BCUT2D eigenvalue weighted by molar-refractivity contribution is -0.119.